The average Bonchev–Trinajstić information content (AvgIpc) is 3.41. The van der Waals surface area contributed by atoms with Crippen molar-refractivity contribution in [1.29, 1.82) is 0 Å². The lowest BCUT2D eigenvalue weighted by molar-refractivity contribution is 0.599. The van der Waals surface area contributed by atoms with Crippen LogP contribution in [0.4, 0.5) is 17.1 Å². The Labute approximate surface area is 245 Å². The molecule has 4 heteroatoms. The SMILES string of the molecule is OB1c2ccccc2N(c2ccccc2)c2cccc(-n3c(-c4ccccc4)c(-c4ccccc4)c4ccccc43)c21. The largest absolute Gasteiger partial charge is 0.443 e. The standard InChI is InChI=1S/C38H27BN2O/c42-39-31-22-11-13-24-33(31)40(29-19-8-3-9-20-29)34-25-14-26-35(37(34)39)41-32-23-12-10-21-30(32)36(27-15-4-1-5-16-27)38(41)28-17-6-2-7-18-28/h1-26,42H. The van der Waals surface area contributed by atoms with E-state index in [1.54, 1.807) is 0 Å². The van der Waals surface area contributed by atoms with Crippen LogP contribution in [0.25, 0.3) is 39.0 Å². The van der Waals surface area contributed by atoms with Crippen LogP contribution >= 0.6 is 0 Å². The summed E-state index contributed by atoms with van der Waals surface area (Å²) in [6.07, 6.45) is 0. The van der Waals surface area contributed by atoms with Crippen molar-refractivity contribution in [2.24, 2.45) is 0 Å². The van der Waals surface area contributed by atoms with Crippen LogP contribution in [0, 0.1) is 0 Å². The molecule has 1 N–H and O–H groups in total. The van der Waals surface area contributed by atoms with Gasteiger partial charge in [-0.3, -0.25) is 0 Å². The van der Waals surface area contributed by atoms with Crippen molar-refractivity contribution in [2.45, 2.75) is 0 Å². The Morgan fingerprint density at radius 3 is 1.81 bits per heavy atom. The number of anilines is 3. The van der Waals surface area contributed by atoms with Crippen LogP contribution in [0.15, 0.2) is 158 Å². The van der Waals surface area contributed by atoms with E-state index >= 15 is 0 Å². The molecule has 0 saturated heterocycles. The molecule has 1 aromatic heterocycles. The summed E-state index contributed by atoms with van der Waals surface area (Å²) in [5, 5.41) is 13.3. The second-order valence-corrected chi connectivity index (χ2v) is 10.7. The van der Waals surface area contributed by atoms with E-state index in [0.717, 1.165) is 56.0 Å². The molecule has 8 rings (SSSR count). The van der Waals surface area contributed by atoms with Crippen LogP contribution in [0.2, 0.25) is 0 Å². The Hall–Kier alpha value is -5.32. The van der Waals surface area contributed by atoms with Crippen molar-refractivity contribution < 1.29 is 5.02 Å². The van der Waals surface area contributed by atoms with Crippen LogP contribution in [-0.4, -0.2) is 16.5 Å². The molecular weight excluding hydrogens is 511 g/mol. The summed E-state index contributed by atoms with van der Waals surface area (Å²) in [5.74, 6) is 0. The molecule has 7 aromatic rings. The number of nitrogens with zero attached hydrogens (tertiary/aromatic N) is 2. The fraction of sp³-hybridized carbons (Fsp3) is 0. The zero-order valence-electron chi connectivity index (χ0n) is 22.9. The maximum absolute atomic E-state index is 12.1. The highest BCUT2D eigenvalue weighted by molar-refractivity contribution is 6.83. The molecule has 1 aliphatic rings. The van der Waals surface area contributed by atoms with E-state index in [1.807, 2.05) is 24.3 Å². The van der Waals surface area contributed by atoms with E-state index in [9.17, 15) is 5.02 Å². The molecule has 198 valence electrons. The van der Waals surface area contributed by atoms with Crippen LogP contribution in [0.5, 0.6) is 0 Å². The first-order valence-corrected chi connectivity index (χ1v) is 14.3. The summed E-state index contributed by atoms with van der Waals surface area (Å²) >= 11 is 0. The molecule has 0 unspecified atom stereocenters. The van der Waals surface area contributed by atoms with Gasteiger partial charge in [0.25, 0.3) is 0 Å². The number of benzene rings is 6. The van der Waals surface area contributed by atoms with Gasteiger partial charge in [0.15, 0.2) is 0 Å². The third-order valence-corrected chi connectivity index (χ3v) is 8.29. The monoisotopic (exact) mass is 538 g/mol. The third-order valence-electron chi connectivity index (χ3n) is 8.29. The highest BCUT2D eigenvalue weighted by atomic mass is 16.2. The van der Waals surface area contributed by atoms with Crippen LogP contribution in [0.1, 0.15) is 0 Å². The average molecular weight is 538 g/mol. The van der Waals surface area contributed by atoms with Gasteiger partial charge in [-0.05, 0) is 53.0 Å². The molecule has 0 atom stereocenters. The van der Waals surface area contributed by atoms with Crippen LogP contribution in [-0.2, 0) is 0 Å². The minimum atomic E-state index is -0.794. The minimum Gasteiger partial charge on any atom is -0.443 e. The van der Waals surface area contributed by atoms with Crippen molar-refractivity contribution in [2.75, 3.05) is 4.90 Å². The van der Waals surface area contributed by atoms with Crippen molar-refractivity contribution in [1.82, 2.24) is 4.57 Å². The molecule has 1 aliphatic heterocycles. The van der Waals surface area contributed by atoms with Gasteiger partial charge >= 0.3 is 6.92 Å². The van der Waals surface area contributed by atoms with E-state index in [1.165, 1.54) is 10.9 Å². The zero-order valence-corrected chi connectivity index (χ0v) is 22.9. The summed E-state index contributed by atoms with van der Waals surface area (Å²) in [6.45, 7) is -0.794. The second-order valence-electron chi connectivity index (χ2n) is 10.7. The van der Waals surface area contributed by atoms with Gasteiger partial charge < -0.3 is 14.5 Å². The van der Waals surface area contributed by atoms with Gasteiger partial charge in [0, 0.05) is 39.2 Å². The quantitative estimate of drug-likeness (QED) is 0.231. The first-order valence-electron chi connectivity index (χ1n) is 14.3. The Kier molecular flexibility index (Phi) is 5.80. The maximum Gasteiger partial charge on any atom is 0.365 e. The molecule has 0 spiro atoms. The van der Waals surface area contributed by atoms with Crippen molar-refractivity contribution in [3.63, 3.8) is 0 Å². The Balaban J connectivity index is 1.50. The molecule has 0 fully saturated rings. The van der Waals surface area contributed by atoms with Crippen LogP contribution < -0.4 is 15.8 Å². The van der Waals surface area contributed by atoms with E-state index in [0.29, 0.717) is 0 Å². The van der Waals surface area contributed by atoms with E-state index < -0.39 is 6.92 Å². The van der Waals surface area contributed by atoms with Gasteiger partial charge in [-0.1, -0.05) is 121 Å². The number of hydrogen-bond acceptors (Lipinski definition) is 2. The fourth-order valence-corrected chi connectivity index (χ4v) is 6.53. The molecule has 3 nitrogen and oxygen atoms in total. The molecule has 0 amide bonds. The summed E-state index contributed by atoms with van der Waals surface area (Å²) in [5.41, 5.74) is 11.4. The van der Waals surface area contributed by atoms with Gasteiger partial charge in [0.05, 0.1) is 11.2 Å². The van der Waals surface area contributed by atoms with Crippen LogP contribution in [0.3, 0.4) is 0 Å². The molecule has 6 aromatic carbocycles. The fourth-order valence-electron chi connectivity index (χ4n) is 6.53. The van der Waals surface area contributed by atoms with Gasteiger partial charge in [-0.2, -0.15) is 0 Å². The van der Waals surface area contributed by atoms with Crippen molar-refractivity contribution >= 4 is 45.8 Å². The molecule has 0 radical (unpaired) electrons. The molecule has 2 heterocycles. The Morgan fingerprint density at radius 2 is 1.05 bits per heavy atom. The molecule has 0 aliphatic carbocycles. The molecule has 0 saturated carbocycles. The van der Waals surface area contributed by atoms with E-state index in [2.05, 4.69) is 143 Å². The van der Waals surface area contributed by atoms with Gasteiger partial charge in [-0.15, -0.1) is 0 Å². The summed E-state index contributed by atoms with van der Waals surface area (Å²) < 4.78 is 2.35. The molecular formula is C38H27BN2O. The van der Waals surface area contributed by atoms with E-state index in [-0.39, 0.29) is 0 Å². The summed E-state index contributed by atoms with van der Waals surface area (Å²) in [7, 11) is 0. The summed E-state index contributed by atoms with van der Waals surface area (Å²) in [6, 6.07) is 54.8. The normalized spacial score (nSPS) is 12.3. The summed E-state index contributed by atoms with van der Waals surface area (Å²) in [4.78, 5) is 2.27. The number of para-hydroxylation sites is 3. The number of fused-ring (bicyclic) bond motifs is 3. The van der Waals surface area contributed by atoms with Gasteiger partial charge in [-0.25, -0.2) is 0 Å². The number of rotatable bonds is 4. The second kappa shape index (κ2) is 9.95. The lowest BCUT2D eigenvalue weighted by atomic mass is 9.52. The lowest BCUT2D eigenvalue weighted by Crippen LogP contribution is -2.51. The zero-order chi connectivity index (χ0) is 28.0. The van der Waals surface area contributed by atoms with Gasteiger partial charge in [0.1, 0.15) is 0 Å². The highest BCUT2D eigenvalue weighted by Gasteiger charge is 2.36. The maximum atomic E-state index is 12.1. The molecule has 42 heavy (non-hydrogen) atoms. The Morgan fingerprint density at radius 1 is 0.476 bits per heavy atom. The van der Waals surface area contributed by atoms with Crippen molar-refractivity contribution in [3.05, 3.63) is 158 Å². The smallest absolute Gasteiger partial charge is 0.365 e. The minimum absolute atomic E-state index is 0.794. The third kappa shape index (κ3) is 3.73. The topological polar surface area (TPSA) is 28.4 Å². The predicted molar refractivity (Wildman–Crippen MR) is 176 cm³/mol. The predicted octanol–water partition coefficient (Wildman–Crippen LogP) is 7.85. The Bertz CT molecular complexity index is 2050. The highest BCUT2D eigenvalue weighted by Crippen LogP contribution is 2.44. The first kappa shape index (κ1) is 24.5. The van der Waals surface area contributed by atoms with Gasteiger partial charge in [0.2, 0.25) is 0 Å². The lowest BCUT2D eigenvalue weighted by Gasteiger charge is -2.36. The van der Waals surface area contributed by atoms with E-state index in [4.69, 9.17) is 0 Å². The molecule has 0 bridgehead atoms. The number of hydrogen-bond donors (Lipinski definition) is 1. The number of aromatic nitrogens is 1. The first-order chi connectivity index (χ1) is 20.8. The van der Waals surface area contributed by atoms with Crippen molar-refractivity contribution in [3.8, 4) is 28.1 Å².